The van der Waals surface area contributed by atoms with Gasteiger partial charge in [0, 0.05) is 30.3 Å². The van der Waals surface area contributed by atoms with E-state index in [2.05, 4.69) is 11.0 Å². The minimum atomic E-state index is 0.103. The fourth-order valence-corrected chi connectivity index (χ4v) is 3.83. The fourth-order valence-electron chi connectivity index (χ4n) is 2.55. The predicted octanol–water partition coefficient (Wildman–Crippen LogP) is 1.45. The molecule has 16 heavy (non-hydrogen) atoms. The molecule has 2 N–H and O–H groups in total. The summed E-state index contributed by atoms with van der Waals surface area (Å²) in [7, 11) is 0. The van der Waals surface area contributed by atoms with Crippen molar-refractivity contribution in [2.45, 2.75) is 18.6 Å². The molecular formula is C12H13N3S. The van der Waals surface area contributed by atoms with Crippen molar-refractivity contribution in [1.29, 1.82) is 5.26 Å². The highest BCUT2D eigenvalue weighted by Gasteiger charge is 2.36. The van der Waals surface area contributed by atoms with Crippen LogP contribution in [0, 0.1) is 11.3 Å². The third kappa shape index (κ3) is 1.44. The first-order chi connectivity index (χ1) is 7.79. The third-order valence-electron chi connectivity index (χ3n) is 3.43. The smallest absolute Gasteiger partial charge is 0.0991 e. The van der Waals surface area contributed by atoms with Crippen LogP contribution in [0.25, 0.3) is 0 Å². The Hall–Kier alpha value is -1.02. The van der Waals surface area contributed by atoms with E-state index in [0.717, 1.165) is 23.7 Å². The van der Waals surface area contributed by atoms with Crippen molar-refractivity contribution in [2.24, 2.45) is 5.73 Å². The summed E-state index contributed by atoms with van der Waals surface area (Å²) in [6.45, 7) is 0.941. The van der Waals surface area contributed by atoms with Crippen LogP contribution in [0.1, 0.15) is 22.7 Å². The summed E-state index contributed by atoms with van der Waals surface area (Å²) in [5.74, 6) is 2.19. The van der Waals surface area contributed by atoms with E-state index in [1.165, 1.54) is 11.1 Å². The zero-order valence-electron chi connectivity index (χ0n) is 8.89. The van der Waals surface area contributed by atoms with Gasteiger partial charge in [-0.1, -0.05) is 6.07 Å². The Bertz CT molecular complexity index is 466. The van der Waals surface area contributed by atoms with Gasteiger partial charge in [-0.05, 0) is 23.3 Å². The average molecular weight is 231 g/mol. The first kappa shape index (κ1) is 10.2. The molecule has 0 bridgehead atoms. The van der Waals surface area contributed by atoms with E-state index in [-0.39, 0.29) is 6.04 Å². The molecule has 0 saturated carbocycles. The number of nitrogens with zero attached hydrogens (tertiary/aromatic N) is 2. The molecule has 1 aromatic rings. The molecule has 3 rings (SSSR count). The molecule has 2 aliphatic heterocycles. The lowest BCUT2D eigenvalue weighted by Gasteiger charge is -2.35. The van der Waals surface area contributed by atoms with Crippen LogP contribution in [-0.4, -0.2) is 22.6 Å². The van der Waals surface area contributed by atoms with E-state index in [9.17, 15) is 0 Å². The molecule has 3 nitrogen and oxygen atoms in total. The van der Waals surface area contributed by atoms with Gasteiger partial charge in [-0.2, -0.15) is 5.26 Å². The van der Waals surface area contributed by atoms with E-state index in [1.807, 2.05) is 30.0 Å². The van der Waals surface area contributed by atoms with Gasteiger partial charge in [0.15, 0.2) is 0 Å². The van der Waals surface area contributed by atoms with Crippen LogP contribution in [0.15, 0.2) is 18.2 Å². The van der Waals surface area contributed by atoms with Crippen molar-refractivity contribution >= 4 is 11.8 Å². The van der Waals surface area contributed by atoms with Gasteiger partial charge in [-0.15, -0.1) is 11.8 Å². The van der Waals surface area contributed by atoms with E-state index < -0.39 is 0 Å². The van der Waals surface area contributed by atoms with Crippen molar-refractivity contribution in [3.8, 4) is 6.07 Å². The van der Waals surface area contributed by atoms with Gasteiger partial charge in [-0.25, -0.2) is 0 Å². The molecule has 0 amide bonds. The Kier molecular flexibility index (Phi) is 2.40. The standard InChI is InChI=1S/C12H13N3S/c13-4-8-1-2-10-9(3-8)5-15-7-16-6-11(15)12(10)14/h1-3,11-12H,5-7,14H2/t11-,12?/m1/s1. The molecule has 1 unspecified atom stereocenters. The summed E-state index contributed by atoms with van der Waals surface area (Å²) in [6.07, 6.45) is 0. The molecule has 0 radical (unpaired) electrons. The van der Waals surface area contributed by atoms with Crippen molar-refractivity contribution < 1.29 is 0 Å². The number of thioether (sulfide) groups is 1. The van der Waals surface area contributed by atoms with Crippen molar-refractivity contribution in [3.63, 3.8) is 0 Å². The van der Waals surface area contributed by atoms with Gasteiger partial charge >= 0.3 is 0 Å². The lowest BCUT2D eigenvalue weighted by atomic mass is 9.90. The summed E-state index contributed by atoms with van der Waals surface area (Å²) in [4.78, 5) is 2.42. The lowest BCUT2D eigenvalue weighted by Crippen LogP contribution is -2.43. The van der Waals surface area contributed by atoms with E-state index >= 15 is 0 Å². The number of hydrogen-bond donors (Lipinski definition) is 1. The first-order valence-electron chi connectivity index (χ1n) is 5.40. The molecule has 82 valence electrons. The average Bonchev–Trinajstić information content (AvgIpc) is 2.77. The highest BCUT2D eigenvalue weighted by Crippen LogP contribution is 2.36. The predicted molar refractivity (Wildman–Crippen MR) is 64.7 cm³/mol. The number of hydrogen-bond acceptors (Lipinski definition) is 4. The molecule has 0 aliphatic carbocycles. The van der Waals surface area contributed by atoms with Gasteiger partial charge in [0.05, 0.1) is 11.6 Å². The Morgan fingerprint density at radius 3 is 3.19 bits per heavy atom. The topological polar surface area (TPSA) is 53.0 Å². The second-order valence-electron chi connectivity index (χ2n) is 4.37. The Morgan fingerprint density at radius 1 is 1.50 bits per heavy atom. The molecule has 1 fully saturated rings. The minimum absolute atomic E-state index is 0.103. The van der Waals surface area contributed by atoms with Crippen LogP contribution in [-0.2, 0) is 6.54 Å². The first-order valence-corrected chi connectivity index (χ1v) is 6.55. The number of fused-ring (bicyclic) bond motifs is 2. The van der Waals surface area contributed by atoms with Crippen molar-refractivity contribution in [1.82, 2.24) is 4.90 Å². The van der Waals surface area contributed by atoms with Gasteiger partial charge < -0.3 is 5.73 Å². The van der Waals surface area contributed by atoms with Crippen molar-refractivity contribution in [3.05, 3.63) is 34.9 Å². The van der Waals surface area contributed by atoms with Crippen LogP contribution in [0.5, 0.6) is 0 Å². The van der Waals surface area contributed by atoms with Crippen LogP contribution in [0.3, 0.4) is 0 Å². The van der Waals surface area contributed by atoms with Gasteiger partial charge in [0.2, 0.25) is 0 Å². The largest absolute Gasteiger partial charge is 0.323 e. The second-order valence-corrected chi connectivity index (χ2v) is 5.37. The monoisotopic (exact) mass is 231 g/mol. The zero-order chi connectivity index (χ0) is 11.1. The normalized spacial score (nSPS) is 28.2. The summed E-state index contributed by atoms with van der Waals surface area (Å²) in [5, 5.41) is 8.89. The fraction of sp³-hybridized carbons (Fsp3) is 0.417. The summed E-state index contributed by atoms with van der Waals surface area (Å²) >= 11 is 1.94. The molecule has 0 spiro atoms. The lowest BCUT2D eigenvalue weighted by molar-refractivity contribution is 0.207. The van der Waals surface area contributed by atoms with Crippen LogP contribution in [0.2, 0.25) is 0 Å². The summed E-state index contributed by atoms with van der Waals surface area (Å²) in [5.41, 5.74) is 9.47. The highest BCUT2D eigenvalue weighted by atomic mass is 32.2. The molecule has 2 atom stereocenters. The number of benzene rings is 1. The number of rotatable bonds is 0. The van der Waals surface area contributed by atoms with Gasteiger partial charge in [0.25, 0.3) is 0 Å². The molecule has 2 aliphatic rings. The summed E-state index contributed by atoms with van der Waals surface area (Å²) < 4.78 is 0. The SMILES string of the molecule is N#Cc1ccc2c(c1)CN1CSC[C@@H]1C2N. The van der Waals surface area contributed by atoms with Crippen LogP contribution >= 0.6 is 11.8 Å². The van der Waals surface area contributed by atoms with E-state index in [0.29, 0.717) is 6.04 Å². The Morgan fingerprint density at radius 2 is 2.38 bits per heavy atom. The molecule has 1 aromatic carbocycles. The maximum atomic E-state index is 8.89. The van der Waals surface area contributed by atoms with Crippen LogP contribution < -0.4 is 5.73 Å². The second kappa shape index (κ2) is 3.77. The maximum absolute atomic E-state index is 8.89. The molecule has 4 heteroatoms. The third-order valence-corrected chi connectivity index (χ3v) is 4.53. The molecule has 0 aromatic heterocycles. The Balaban J connectivity index is 2.04. The zero-order valence-corrected chi connectivity index (χ0v) is 9.70. The number of nitrogens with two attached hydrogens (primary N) is 1. The summed E-state index contributed by atoms with van der Waals surface area (Å²) in [6, 6.07) is 8.65. The number of nitriles is 1. The minimum Gasteiger partial charge on any atom is -0.323 e. The molecule has 1 saturated heterocycles. The molecule has 2 heterocycles. The van der Waals surface area contributed by atoms with Crippen molar-refractivity contribution in [2.75, 3.05) is 11.6 Å². The van der Waals surface area contributed by atoms with Gasteiger partial charge in [0.1, 0.15) is 0 Å². The highest BCUT2D eigenvalue weighted by molar-refractivity contribution is 7.99. The van der Waals surface area contributed by atoms with Crippen LogP contribution in [0.4, 0.5) is 0 Å². The maximum Gasteiger partial charge on any atom is 0.0991 e. The Labute approximate surface area is 99.2 Å². The van der Waals surface area contributed by atoms with E-state index in [1.54, 1.807) is 0 Å². The molecular weight excluding hydrogens is 218 g/mol. The van der Waals surface area contributed by atoms with E-state index in [4.69, 9.17) is 11.0 Å². The quantitative estimate of drug-likeness (QED) is 0.734. The van der Waals surface area contributed by atoms with Gasteiger partial charge in [-0.3, -0.25) is 4.90 Å².